The molecule has 88 valence electrons. The van der Waals surface area contributed by atoms with Gasteiger partial charge in [0.05, 0.1) is 5.60 Å². The highest BCUT2D eigenvalue weighted by molar-refractivity contribution is 6.33. The molecule has 1 aliphatic heterocycles. The molecular weight excluding hydrogens is 245 g/mol. The standard InChI is InChI=1S/C12H15Cl2NO/c1-15-6-4-12(16,5-7-15)10-8-9(13)2-3-11(10)14/h2-3,8,16H,4-7H2,1H3. The van der Waals surface area contributed by atoms with Gasteiger partial charge in [-0.1, -0.05) is 23.2 Å². The van der Waals surface area contributed by atoms with Crippen molar-refractivity contribution in [3.05, 3.63) is 33.8 Å². The molecule has 0 unspecified atom stereocenters. The third-order valence-electron chi connectivity index (χ3n) is 3.24. The highest BCUT2D eigenvalue weighted by atomic mass is 35.5. The van der Waals surface area contributed by atoms with E-state index >= 15 is 0 Å². The number of likely N-dealkylation sites (tertiary alicyclic amines) is 1. The van der Waals surface area contributed by atoms with Gasteiger partial charge < -0.3 is 10.0 Å². The summed E-state index contributed by atoms with van der Waals surface area (Å²) in [4.78, 5) is 2.20. The Morgan fingerprint density at radius 3 is 2.50 bits per heavy atom. The fraction of sp³-hybridized carbons (Fsp3) is 0.500. The second-order valence-electron chi connectivity index (χ2n) is 4.46. The van der Waals surface area contributed by atoms with Crippen LogP contribution in [0.3, 0.4) is 0 Å². The molecular formula is C12H15Cl2NO. The normalized spacial score (nSPS) is 21.0. The van der Waals surface area contributed by atoms with Gasteiger partial charge in [-0.2, -0.15) is 0 Å². The summed E-state index contributed by atoms with van der Waals surface area (Å²) in [6, 6.07) is 5.26. The van der Waals surface area contributed by atoms with E-state index in [0.717, 1.165) is 18.7 Å². The molecule has 0 radical (unpaired) electrons. The quantitative estimate of drug-likeness (QED) is 0.839. The first-order valence-electron chi connectivity index (χ1n) is 5.38. The highest BCUT2D eigenvalue weighted by Gasteiger charge is 2.34. The lowest BCUT2D eigenvalue weighted by Gasteiger charge is -2.37. The summed E-state index contributed by atoms with van der Waals surface area (Å²) in [5.41, 5.74) is -0.0659. The number of hydrogen-bond donors (Lipinski definition) is 1. The van der Waals surface area contributed by atoms with E-state index < -0.39 is 5.60 Å². The number of benzene rings is 1. The first-order chi connectivity index (χ1) is 7.51. The molecule has 2 nitrogen and oxygen atoms in total. The van der Waals surface area contributed by atoms with Gasteiger partial charge >= 0.3 is 0 Å². The van der Waals surface area contributed by atoms with Crippen molar-refractivity contribution < 1.29 is 5.11 Å². The summed E-state index contributed by atoms with van der Waals surface area (Å²) in [6.07, 6.45) is 1.40. The van der Waals surface area contributed by atoms with Gasteiger partial charge in [-0.25, -0.2) is 0 Å². The van der Waals surface area contributed by atoms with Gasteiger partial charge in [-0.15, -0.1) is 0 Å². The maximum absolute atomic E-state index is 10.6. The van der Waals surface area contributed by atoms with Crippen molar-refractivity contribution in [1.29, 1.82) is 0 Å². The Kier molecular flexibility index (Phi) is 3.45. The van der Waals surface area contributed by atoms with E-state index in [2.05, 4.69) is 11.9 Å². The Labute approximate surface area is 106 Å². The maximum atomic E-state index is 10.6. The third-order valence-corrected chi connectivity index (χ3v) is 3.81. The Bertz CT molecular complexity index is 387. The van der Waals surface area contributed by atoms with Crippen LogP contribution in [0.15, 0.2) is 18.2 Å². The molecule has 1 heterocycles. The van der Waals surface area contributed by atoms with E-state index in [-0.39, 0.29) is 0 Å². The van der Waals surface area contributed by atoms with Crippen molar-refractivity contribution in [1.82, 2.24) is 4.90 Å². The Hall–Kier alpha value is -0.280. The second-order valence-corrected chi connectivity index (χ2v) is 5.30. The largest absolute Gasteiger partial charge is 0.385 e. The molecule has 1 aromatic rings. The molecule has 0 saturated carbocycles. The Morgan fingerprint density at radius 1 is 1.25 bits per heavy atom. The Morgan fingerprint density at radius 2 is 1.88 bits per heavy atom. The zero-order valence-corrected chi connectivity index (χ0v) is 10.7. The fourth-order valence-corrected chi connectivity index (χ4v) is 2.58. The molecule has 0 spiro atoms. The minimum Gasteiger partial charge on any atom is -0.385 e. The van der Waals surface area contributed by atoms with Crippen LogP contribution in [0.2, 0.25) is 10.0 Å². The van der Waals surface area contributed by atoms with Crippen LogP contribution in [0.5, 0.6) is 0 Å². The average Bonchev–Trinajstić information content (AvgIpc) is 2.26. The average molecular weight is 260 g/mol. The predicted molar refractivity (Wildman–Crippen MR) is 67.1 cm³/mol. The van der Waals surface area contributed by atoms with Gasteiger partial charge in [-0.3, -0.25) is 0 Å². The van der Waals surface area contributed by atoms with Crippen LogP contribution in [0.1, 0.15) is 18.4 Å². The van der Waals surface area contributed by atoms with Crippen LogP contribution in [0.25, 0.3) is 0 Å². The molecule has 0 bridgehead atoms. The van der Waals surface area contributed by atoms with Crippen molar-refractivity contribution in [3.63, 3.8) is 0 Å². The lowest BCUT2D eigenvalue weighted by Crippen LogP contribution is -2.40. The predicted octanol–water partition coefficient (Wildman–Crippen LogP) is 2.91. The molecule has 1 aliphatic rings. The summed E-state index contributed by atoms with van der Waals surface area (Å²) in [5, 5.41) is 11.8. The number of piperidine rings is 1. The summed E-state index contributed by atoms with van der Waals surface area (Å²) >= 11 is 12.1. The summed E-state index contributed by atoms with van der Waals surface area (Å²) in [7, 11) is 2.05. The van der Waals surface area contributed by atoms with Gasteiger partial charge in [-0.05, 0) is 38.1 Å². The van der Waals surface area contributed by atoms with E-state index in [9.17, 15) is 5.11 Å². The van der Waals surface area contributed by atoms with Crippen molar-refractivity contribution in [2.24, 2.45) is 0 Å². The second kappa shape index (κ2) is 4.53. The van der Waals surface area contributed by atoms with E-state index in [1.165, 1.54) is 0 Å². The molecule has 0 aliphatic carbocycles. The van der Waals surface area contributed by atoms with Crippen molar-refractivity contribution in [2.75, 3.05) is 20.1 Å². The van der Waals surface area contributed by atoms with Crippen molar-refractivity contribution >= 4 is 23.2 Å². The maximum Gasteiger partial charge on any atom is 0.0935 e. The van der Waals surface area contributed by atoms with Gasteiger partial charge in [0.15, 0.2) is 0 Å². The summed E-state index contributed by atoms with van der Waals surface area (Å²) in [6.45, 7) is 1.75. The SMILES string of the molecule is CN1CCC(O)(c2cc(Cl)ccc2Cl)CC1. The molecule has 1 fully saturated rings. The zero-order chi connectivity index (χ0) is 11.8. The van der Waals surface area contributed by atoms with Crippen molar-refractivity contribution in [2.45, 2.75) is 18.4 Å². The summed E-state index contributed by atoms with van der Waals surface area (Å²) in [5.74, 6) is 0. The molecule has 0 amide bonds. The molecule has 4 heteroatoms. The van der Waals surface area contributed by atoms with Gasteiger partial charge in [0.1, 0.15) is 0 Å². The van der Waals surface area contributed by atoms with Crippen LogP contribution in [-0.4, -0.2) is 30.1 Å². The minimum atomic E-state index is -0.825. The summed E-state index contributed by atoms with van der Waals surface area (Å²) < 4.78 is 0. The molecule has 0 aromatic heterocycles. The highest BCUT2D eigenvalue weighted by Crippen LogP contribution is 2.37. The molecule has 1 saturated heterocycles. The van der Waals surface area contributed by atoms with Gasteiger partial charge in [0.2, 0.25) is 0 Å². The molecule has 2 rings (SSSR count). The van der Waals surface area contributed by atoms with E-state index in [1.807, 2.05) is 0 Å². The molecule has 0 atom stereocenters. The van der Waals surface area contributed by atoms with E-state index in [0.29, 0.717) is 22.9 Å². The third kappa shape index (κ3) is 2.35. The van der Waals surface area contributed by atoms with Crippen molar-refractivity contribution in [3.8, 4) is 0 Å². The fourth-order valence-electron chi connectivity index (χ4n) is 2.11. The van der Waals surface area contributed by atoms with Crippen LogP contribution in [-0.2, 0) is 5.60 Å². The smallest absolute Gasteiger partial charge is 0.0935 e. The lowest BCUT2D eigenvalue weighted by atomic mass is 9.84. The lowest BCUT2D eigenvalue weighted by molar-refractivity contribution is -0.0202. The van der Waals surface area contributed by atoms with E-state index in [1.54, 1.807) is 18.2 Å². The number of aliphatic hydroxyl groups is 1. The number of hydrogen-bond acceptors (Lipinski definition) is 2. The van der Waals surface area contributed by atoms with Gasteiger partial charge in [0.25, 0.3) is 0 Å². The van der Waals surface area contributed by atoms with E-state index in [4.69, 9.17) is 23.2 Å². The monoisotopic (exact) mass is 259 g/mol. The molecule has 1 aromatic carbocycles. The number of rotatable bonds is 1. The van der Waals surface area contributed by atoms with Crippen LogP contribution < -0.4 is 0 Å². The first kappa shape index (κ1) is 12.2. The zero-order valence-electron chi connectivity index (χ0n) is 9.21. The topological polar surface area (TPSA) is 23.5 Å². The van der Waals surface area contributed by atoms with Crippen LogP contribution >= 0.6 is 23.2 Å². The number of halogens is 2. The minimum absolute atomic E-state index is 0.594. The first-order valence-corrected chi connectivity index (χ1v) is 6.13. The molecule has 1 N–H and O–H groups in total. The van der Waals surface area contributed by atoms with Crippen LogP contribution in [0.4, 0.5) is 0 Å². The molecule has 16 heavy (non-hydrogen) atoms. The Balaban J connectivity index is 2.32. The number of nitrogens with zero attached hydrogens (tertiary/aromatic N) is 1. The van der Waals surface area contributed by atoms with Gasteiger partial charge in [0, 0.05) is 28.7 Å². The van der Waals surface area contributed by atoms with Crippen LogP contribution in [0, 0.1) is 0 Å².